The Morgan fingerprint density at radius 3 is 3.14 bits per heavy atom. The molecule has 0 aliphatic carbocycles. The molecule has 1 N–H and O–H groups in total. The van der Waals surface area contributed by atoms with Crippen molar-refractivity contribution >= 4 is 27.8 Å². The maximum absolute atomic E-state index is 4.98. The lowest BCUT2D eigenvalue weighted by Gasteiger charge is -2.06. The molecule has 0 saturated heterocycles. The van der Waals surface area contributed by atoms with Crippen LogP contribution in [0.4, 0.5) is 5.82 Å². The SMILES string of the molecule is C=COC(=NC)Nc1cc(Br)ccn1. The molecule has 0 aromatic carbocycles. The number of nitrogens with one attached hydrogen (secondary N) is 1. The van der Waals surface area contributed by atoms with Gasteiger partial charge in [0.25, 0.3) is 6.02 Å². The number of aromatic nitrogens is 1. The highest BCUT2D eigenvalue weighted by molar-refractivity contribution is 9.10. The second-order valence-corrected chi connectivity index (χ2v) is 3.21. The van der Waals surface area contributed by atoms with Crippen LogP contribution >= 0.6 is 15.9 Å². The fraction of sp³-hybridized carbons (Fsp3) is 0.111. The zero-order chi connectivity index (χ0) is 10.4. The van der Waals surface area contributed by atoms with Crippen molar-refractivity contribution < 1.29 is 4.74 Å². The summed E-state index contributed by atoms with van der Waals surface area (Å²) >= 11 is 3.33. The number of halogens is 1. The van der Waals surface area contributed by atoms with E-state index in [1.807, 2.05) is 12.1 Å². The molecule has 0 amide bonds. The highest BCUT2D eigenvalue weighted by Gasteiger charge is 1.99. The molecular weight excluding hydrogens is 246 g/mol. The van der Waals surface area contributed by atoms with Gasteiger partial charge in [0, 0.05) is 17.7 Å². The van der Waals surface area contributed by atoms with Crippen molar-refractivity contribution in [3.8, 4) is 0 Å². The van der Waals surface area contributed by atoms with Crippen LogP contribution in [0, 0.1) is 0 Å². The number of amidine groups is 1. The summed E-state index contributed by atoms with van der Waals surface area (Å²) in [7, 11) is 1.61. The van der Waals surface area contributed by atoms with E-state index in [1.54, 1.807) is 13.2 Å². The number of hydrogen-bond donors (Lipinski definition) is 1. The van der Waals surface area contributed by atoms with Gasteiger partial charge in [0.05, 0.1) is 6.26 Å². The van der Waals surface area contributed by atoms with Crippen molar-refractivity contribution in [2.24, 2.45) is 4.99 Å². The molecule has 1 rings (SSSR count). The molecule has 0 unspecified atom stereocenters. The quantitative estimate of drug-likeness (QED) is 0.502. The van der Waals surface area contributed by atoms with Gasteiger partial charge in [-0.3, -0.25) is 5.32 Å². The molecule has 74 valence electrons. The van der Waals surface area contributed by atoms with E-state index in [4.69, 9.17) is 4.74 Å². The van der Waals surface area contributed by atoms with E-state index >= 15 is 0 Å². The molecule has 4 nitrogen and oxygen atoms in total. The van der Waals surface area contributed by atoms with E-state index in [0.717, 1.165) is 4.47 Å². The van der Waals surface area contributed by atoms with E-state index in [0.29, 0.717) is 11.8 Å². The van der Waals surface area contributed by atoms with E-state index < -0.39 is 0 Å². The van der Waals surface area contributed by atoms with Gasteiger partial charge in [0.15, 0.2) is 0 Å². The molecule has 5 heteroatoms. The first-order chi connectivity index (χ1) is 6.76. The lowest BCUT2D eigenvalue weighted by atomic mass is 10.5. The summed E-state index contributed by atoms with van der Waals surface area (Å²) < 4.78 is 5.92. The third-order valence-corrected chi connectivity index (χ3v) is 1.85. The van der Waals surface area contributed by atoms with Gasteiger partial charge >= 0.3 is 0 Å². The van der Waals surface area contributed by atoms with Crippen molar-refractivity contribution in [1.82, 2.24) is 4.98 Å². The van der Waals surface area contributed by atoms with E-state index in [9.17, 15) is 0 Å². The minimum Gasteiger partial charge on any atom is -0.434 e. The van der Waals surface area contributed by atoms with E-state index in [1.165, 1.54) is 6.26 Å². The minimum atomic E-state index is 0.352. The fourth-order valence-electron chi connectivity index (χ4n) is 0.800. The summed E-state index contributed by atoms with van der Waals surface area (Å²) in [5.41, 5.74) is 0. The summed E-state index contributed by atoms with van der Waals surface area (Å²) in [4.78, 5) is 7.93. The second-order valence-electron chi connectivity index (χ2n) is 2.30. The molecule has 0 atom stereocenters. The largest absolute Gasteiger partial charge is 0.434 e. The van der Waals surface area contributed by atoms with E-state index in [-0.39, 0.29) is 0 Å². The summed E-state index contributed by atoms with van der Waals surface area (Å²) in [5.74, 6) is 0.654. The number of nitrogens with zero attached hydrogens (tertiary/aromatic N) is 2. The highest BCUT2D eigenvalue weighted by atomic mass is 79.9. The van der Waals surface area contributed by atoms with Gasteiger partial charge in [0.2, 0.25) is 0 Å². The molecule has 0 saturated carbocycles. The van der Waals surface area contributed by atoms with Crippen LogP contribution < -0.4 is 5.32 Å². The van der Waals surface area contributed by atoms with E-state index in [2.05, 4.69) is 37.8 Å². The number of pyridine rings is 1. The average Bonchev–Trinajstić information content (AvgIpc) is 2.17. The molecule has 0 aliphatic rings. The predicted octanol–water partition coefficient (Wildman–Crippen LogP) is 2.40. The molecular formula is C9H10BrN3O. The van der Waals surface area contributed by atoms with Crippen molar-refractivity contribution in [2.45, 2.75) is 0 Å². The van der Waals surface area contributed by atoms with Crippen LogP contribution in [0.1, 0.15) is 0 Å². The van der Waals surface area contributed by atoms with Crippen molar-refractivity contribution in [2.75, 3.05) is 12.4 Å². The van der Waals surface area contributed by atoms with Gasteiger partial charge in [0.1, 0.15) is 5.82 Å². The molecule has 0 radical (unpaired) electrons. The second kappa shape index (κ2) is 5.39. The lowest BCUT2D eigenvalue weighted by Crippen LogP contribution is -2.14. The number of ether oxygens (including phenoxy) is 1. The number of hydrogen-bond acceptors (Lipinski definition) is 3. The molecule has 0 fully saturated rings. The van der Waals surface area contributed by atoms with Crippen molar-refractivity contribution in [3.05, 3.63) is 35.6 Å². The monoisotopic (exact) mass is 255 g/mol. The van der Waals surface area contributed by atoms with Crippen LogP contribution in [0.2, 0.25) is 0 Å². The number of anilines is 1. The third kappa shape index (κ3) is 3.18. The average molecular weight is 256 g/mol. The molecule has 0 bridgehead atoms. The Morgan fingerprint density at radius 1 is 1.79 bits per heavy atom. The zero-order valence-electron chi connectivity index (χ0n) is 7.70. The molecule has 14 heavy (non-hydrogen) atoms. The summed E-state index contributed by atoms with van der Waals surface area (Å²) in [6.07, 6.45) is 2.97. The molecule has 0 spiro atoms. The maximum atomic E-state index is 4.98. The lowest BCUT2D eigenvalue weighted by molar-refractivity contribution is 0.471. The fourth-order valence-corrected chi connectivity index (χ4v) is 1.13. The Kier molecular flexibility index (Phi) is 4.12. The zero-order valence-corrected chi connectivity index (χ0v) is 9.28. The van der Waals surface area contributed by atoms with Gasteiger partial charge in [-0.25, -0.2) is 9.98 Å². The van der Waals surface area contributed by atoms with Gasteiger partial charge < -0.3 is 4.74 Å². The first-order valence-corrected chi connectivity index (χ1v) is 4.68. The Morgan fingerprint density at radius 2 is 2.57 bits per heavy atom. The summed E-state index contributed by atoms with van der Waals surface area (Å²) in [6.45, 7) is 3.43. The van der Waals surface area contributed by atoms with Crippen LogP contribution in [0.15, 0.2) is 40.6 Å². The Hall–Kier alpha value is -1.36. The van der Waals surface area contributed by atoms with Gasteiger partial charge in [-0.15, -0.1) is 0 Å². The Bertz CT molecular complexity index is 352. The molecule has 1 aromatic rings. The number of aliphatic imine (C=N–C) groups is 1. The van der Waals surface area contributed by atoms with Crippen LogP contribution in [0.3, 0.4) is 0 Å². The first-order valence-electron chi connectivity index (χ1n) is 3.89. The minimum absolute atomic E-state index is 0.352. The molecule has 0 aliphatic heterocycles. The van der Waals surface area contributed by atoms with Crippen molar-refractivity contribution in [3.63, 3.8) is 0 Å². The van der Waals surface area contributed by atoms with Crippen LogP contribution in [0.5, 0.6) is 0 Å². The van der Waals surface area contributed by atoms with Gasteiger partial charge in [-0.2, -0.15) is 0 Å². The van der Waals surface area contributed by atoms with Crippen LogP contribution in [0.25, 0.3) is 0 Å². The maximum Gasteiger partial charge on any atom is 0.295 e. The summed E-state index contributed by atoms with van der Waals surface area (Å²) in [5, 5.41) is 2.89. The summed E-state index contributed by atoms with van der Waals surface area (Å²) in [6, 6.07) is 4.01. The highest BCUT2D eigenvalue weighted by Crippen LogP contribution is 2.12. The first kappa shape index (κ1) is 10.7. The Balaban J connectivity index is 2.72. The predicted molar refractivity (Wildman–Crippen MR) is 60.2 cm³/mol. The molecule has 1 aromatic heterocycles. The van der Waals surface area contributed by atoms with Crippen molar-refractivity contribution in [1.29, 1.82) is 0 Å². The number of rotatable bonds is 2. The van der Waals surface area contributed by atoms with Gasteiger partial charge in [-0.1, -0.05) is 22.5 Å². The smallest absolute Gasteiger partial charge is 0.295 e. The van der Waals surface area contributed by atoms with Crippen LogP contribution in [-0.2, 0) is 4.74 Å². The molecule has 1 heterocycles. The topological polar surface area (TPSA) is 46.5 Å². The van der Waals surface area contributed by atoms with Crippen LogP contribution in [-0.4, -0.2) is 18.1 Å². The van der Waals surface area contributed by atoms with Gasteiger partial charge in [-0.05, 0) is 12.1 Å². The standard InChI is InChI=1S/C9H10BrN3O/c1-3-14-9(11-2)13-8-6-7(10)4-5-12-8/h3-6H,1H2,2H3,(H,11,12,13). The Labute approximate surface area is 90.8 Å². The third-order valence-electron chi connectivity index (χ3n) is 1.36. The normalized spacial score (nSPS) is 10.9.